The number of ether oxygens (including phenoxy) is 2. The number of aromatic nitrogens is 3. The molecule has 2 aromatic heterocycles. The first-order chi connectivity index (χ1) is 31.2. The van der Waals surface area contributed by atoms with E-state index < -0.39 is 17.5 Å². The maximum absolute atomic E-state index is 15.0. The summed E-state index contributed by atoms with van der Waals surface area (Å²) in [5.74, 6) is -0.635. The van der Waals surface area contributed by atoms with E-state index in [2.05, 4.69) is 22.5 Å². The van der Waals surface area contributed by atoms with Crippen LogP contribution in [-0.2, 0) is 9.53 Å². The van der Waals surface area contributed by atoms with Gasteiger partial charge in [0.2, 0.25) is 0 Å². The van der Waals surface area contributed by atoms with Crippen molar-refractivity contribution in [3.05, 3.63) is 135 Å². The first kappa shape index (κ1) is 46.1. The SMILES string of the molecule is CCCCCCCCCCCCOc1ccc(Cl)cc1NC(=O)/C(=N/c1ccc(N2CCOCC2)cc1C)c1nc2cn(-c3ccccc3)cc2c(=O)n1C(=O)Nc1ccccc1Cl. The molecule has 4 aromatic carbocycles. The number of carbonyl (C=O) groups is 2. The van der Waals surface area contributed by atoms with Gasteiger partial charge in [-0.3, -0.25) is 9.59 Å². The van der Waals surface area contributed by atoms with Crippen molar-refractivity contribution in [2.24, 2.45) is 4.99 Å². The van der Waals surface area contributed by atoms with Gasteiger partial charge in [0.05, 0.1) is 52.8 Å². The monoisotopic (exact) mass is 903 g/mol. The van der Waals surface area contributed by atoms with Gasteiger partial charge in [0.1, 0.15) is 5.75 Å². The van der Waals surface area contributed by atoms with Gasteiger partial charge in [-0.2, -0.15) is 0 Å². The number of para-hydroxylation sites is 2. The lowest BCUT2D eigenvalue weighted by molar-refractivity contribution is -0.110. The number of fused-ring (bicyclic) bond motifs is 1. The standard InChI is InChI=1S/C50H55Cl2N7O5/c1-3-4-5-6-7-8-9-10-11-17-28-64-45-25-22-36(51)32-43(45)55-48(60)46(53-41-24-23-38(31-35(41)2)57-26-29-63-30-27-57)47-54-44-34-58(37-18-13-12-14-19-37)33-39(44)49(61)59(47)50(62)56-42-21-16-15-20-40(42)52/h12-16,18-25,31-34H,3-11,17,26-30H2,1-2H3,(H,55,60)(H,56,62)/b53-46+. The van der Waals surface area contributed by atoms with E-state index in [1.807, 2.05) is 55.5 Å². The van der Waals surface area contributed by atoms with Crippen molar-refractivity contribution in [2.45, 2.75) is 78.1 Å². The van der Waals surface area contributed by atoms with Crippen LogP contribution in [0.15, 0.2) is 113 Å². The van der Waals surface area contributed by atoms with Gasteiger partial charge in [0, 0.05) is 41.9 Å². The molecule has 1 fully saturated rings. The Balaban J connectivity index is 1.26. The zero-order valence-corrected chi connectivity index (χ0v) is 38.0. The molecule has 0 saturated carbocycles. The van der Waals surface area contributed by atoms with E-state index in [-0.39, 0.29) is 33.1 Å². The van der Waals surface area contributed by atoms with Gasteiger partial charge in [0.15, 0.2) is 11.5 Å². The van der Waals surface area contributed by atoms with E-state index in [4.69, 9.17) is 42.7 Å². The Morgan fingerprint density at radius 1 is 0.781 bits per heavy atom. The number of aryl methyl sites for hydroxylation is 1. The summed E-state index contributed by atoms with van der Waals surface area (Å²) in [5, 5.41) is 6.47. The molecule has 2 N–H and O–H groups in total. The van der Waals surface area contributed by atoms with Crippen molar-refractivity contribution in [1.29, 1.82) is 0 Å². The Kier molecular flexibility index (Phi) is 16.3. The Morgan fingerprint density at radius 3 is 2.20 bits per heavy atom. The van der Waals surface area contributed by atoms with Crippen LogP contribution in [-0.4, -0.2) is 64.7 Å². The molecule has 1 aliphatic heterocycles. The largest absolute Gasteiger partial charge is 0.491 e. The lowest BCUT2D eigenvalue weighted by atomic mass is 10.1. The van der Waals surface area contributed by atoms with Crippen molar-refractivity contribution in [3.63, 3.8) is 0 Å². The average molecular weight is 905 g/mol. The number of benzene rings is 4. The molecule has 12 nitrogen and oxygen atoms in total. The Bertz CT molecular complexity index is 2640. The number of anilines is 3. The van der Waals surface area contributed by atoms with Crippen LogP contribution in [0, 0.1) is 6.92 Å². The average Bonchev–Trinajstić information content (AvgIpc) is 3.74. The molecule has 0 bridgehead atoms. The fraction of sp³-hybridized carbons (Fsp3) is 0.340. The summed E-state index contributed by atoms with van der Waals surface area (Å²) < 4.78 is 14.4. The zero-order valence-electron chi connectivity index (χ0n) is 36.5. The quantitative estimate of drug-likeness (QED) is 0.0611. The first-order valence-electron chi connectivity index (χ1n) is 22.2. The van der Waals surface area contributed by atoms with E-state index in [1.165, 1.54) is 44.9 Å². The van der Waals surface area contributed by atoms with Crippen LogP contribution in [0.25, 0.3) is 16.6 Å². The molecule has 1 saturated heterocycles. The molecular weight excluding hydrogens is 849 g/mol. The van der Waals surface area contributed by atoms with Crippen molar-refractivity contribution < 1.29 is 19.1 Å². The maximum atomic E-state index is 15.0. The van der Waals surface area contributed by atoms with Crippen LogP contribution < -0.4 is 25.8 Å². The first-order valence-corrected chi connectivity index (χ1v) is 23.0. The fourth-order valence-corrected chi connectivity index (χ4v) is 8.05. The second-order valence-electron chi connectivity index (χ2n) is 15.9. The van der Waals surface area contributed by atoms with E-state index in [1.54, 1.807) is 59.4 Å². The topological polar surface area (TPSA) is 132 Å². The van der Waals surface area contributed by atoms with Crippen LogP contribution in [0.4, 0.5) is 27.5 Å². The van der Waals surface area contributed by atoms with Gasteiger partial charge >= 0.3 is 6.03 Å². The van der Waals surface area contributed by atoms with Gasteiger partial charge in [-0.1, -0.05) is 118 Å². The third-order valence-corrected chi connectivity index (χ3v) is 11.8. The number of aliphatic imine (C=N–C) groups is 1. The second-order valence-corrected chi connectivity index (χ2v) is 16.8. The van der Waals surface area contributed by atoms with Gasteiger partial charge in [-0.15, -0.1) is 0 Å². The molecular formula is C50H55Cl2N7O5. The number of nitrogens with zero attached hydrogens (tertiary/aromatic N) is 5. The number of nitrogens with one attached hydrogen (secondary N) is 2. The molecule has 0 spiro atoms. The van der Waals surface area contributed by atoms with Crippen molar-refractivity contribution >= 4 is 74.5 Å². The molecule has 7 rings (SSSR count). The molecule has 0 radical (unpaired) electrons. The Labute approximate surface area is 384 Å². The highest BCUT2D eigenvalue weighted by Crippen LogP contribution is 2.31. The lowest BCUT2D eigenvalue weighted by Gasteiger charge is -2.29. The highest BCUT2D eigenvalue weighted by molar-refractivity contribution is 6.49. The fourth-order valence-electron chi connectivity index (χ4n) is 7.69. The number of carbonyl (C=O) groups excluding carboxylic acids is 2. The number of hydrogen-bond donors (Lipinski definition) is 2. The number of rotatable bonds is 19. The summed E-state index contributed by atoms with van der Waals surface area (Å²) in [5.41, 5.74) is 2.70. The third-order valence-electron chi connectivity index (χ3n) is 11.2. The number of hydrogen-bond acceptors (Lipinski definition) is 8. The smallest absolute Gasteiger partial charge is 0.334 e. The molecule has 0 unspecified atom stereocenters. The predicted octanol–water partition coefficient (Wildman–Crippen LogP) is 11.8. The third kappa shape index (κ3) is 11.8. The van der Waals surface area contributed by atoms with Crippen LogP contribution in [0.2, 0.25) is 10.0 Å². The van der Waals surface area contributed by atoms with Gasteiger partial charge in [-0.25, -0.2) is 19.3 Å². The van der Waals surface area contributed by atoms with Crippen molar-refractivity contribution in [2.75, 3.05) is 48.4 Å². The Morgan fingerprint density at radius 2 is 1.48 bits per heavy atom. The molecule has 2 amide bonds. The van der Waals surface area contributed by atoms with E-state index >= 15 is 0 Å². The number of unbranched alkanes of at least 4 members (excludes halogenated alkanes) is 9. The lowest BCUT2D eigenvalue weighted by Crippen LogP contribution is -2.39. The van der Waals surface area contributed by atoms with Crippen LogP contribution in [0.3, 0.4) is 0 Å². The molecule has 1 aliphatic rings. The van der Waals surface area contributed by atoms with Crippen molar-refractivity contribution in [3.8, 4) is 11.4 Å². The number of morpholine rings is 1. The minimum Gasteiger partial charge on any atom is -0.491 e. The molecule has 0 atom stereocenters. The van der Waals surface area contributed by atoms with E-state index in [9.17, 15) is 14.4 Å². The zero-order chi connectivity index (χ0) is 44.8. The van der Waals surface area contributed by atoms with Crippen LogP contribution in [0.1, 0.15) is 82.5 Å². The molecule has 64 heavy (non-hydrogen) atoms. The maximum Gasteiger partial charge on any atom is 0.334 e. The van der Waals surface area contributed by atoms with E-state index in [0.29, 0.717) is 42.0 Å². The predicted molar refractivity (Wildman–Crippen MR) is 259 cm³/mol. The molecule has 334 valence electrons. The second kappa shape index (κ2) is 22.6. The summed E-state index contributed by atoms with van der Waals surface area (Å²) in [4.78, 5) is 56.1. The van der Waals surface area contributed by atoms with Gasteiger partial charge in [0.25, 0.3) is 11.5 Å². The van der Waals surface area contributed by atoms with Crippen LogP contribution >= 0.6 is 23.2 Å². The summed E-state index contributed by atoms with van der Waals surface area (Å²) in [6.07, 6.45) is 15.2. The van der Waals surface area contributed by atoms with E-state index in [0.717, 1.165) is 53.9 Å². The minimum absolute atomic E-state index is 0.144. The summed E-state index contributed by atoms with van der Waals surface area (Å²) in [6, 6.07) is 25.9. The van der Waals surface area contributed by atoms with Gasteiger partial charge < -0.3 is 29.6 Å². The Hall–Kier alpha value is -5.95. The molecule has 14 heteroatoms. The highest BCUT2D eigenvalue weighted by atomic mass is 35.5. The number of halogens is 2. The number of amides is 2. The summed E-state index contributed by atoms with van der Waals surface area (Å²) in [7, 11) is 0. The molecule has 6 aromatic rings. The highest BCUT2D eigenvalue weighted by Gasteiger charge is 2.28. The van der Waals surface area contributed by atoms with Crippen LogP contribution in [0.5, 0.6) is 5.75 Å². The van der Waals surface area contributed by atoms with Gasteiger partial charge in [-0.05, 0) is 79.6 Å². The van der Waals surface area contributed by atoms with Crippen molar-refractivity contribution in [1.82, 2.24) is 14.1 Å². The summed E-state index contributed by atoms with van der Waals surface area (Å²) >= 11 is 13.0. The normalized spacial score (nSPS) is 13.0. The summed E-state index contributed by atoms with van der Waals surface area (Å²) in [6.45, 7) is 7.27. The minimum atomic E-state index is -0.891. The molecule has 3 heterocycles. The molecule has 0 aliphatic carbocycles.